The summed E-state index contributed by atoms with van der Waals surface area (Å²) >= 11 is 0. The fraction of sp³-hybridized carbons (Fsp3) is 0.333. The normalized spacial score (nSPS) is 18.1. The minimum Gasteiger partial charge on any atom is -0.347 e. The van der Waals surface area contributed by atoms with E-state index in [1.165, 1.54) is 0 Å². The molecule has 1 aliphatic heterocycles. The number of nitrogens with zero attached hydrogens (tertiary/aromatic N) is 5. The van der Waals surface area contributed by atoms with E-state index in [-0.39, 0.29) is 6.04 Å². The lowest BCUT2D eigenvalue weighted by atomic mass is 10.1. The summed E-state index contributed by atoms with van der Waals surface area (Å²) in [5.41, 5.74) is 3.02. The summed E-state index contributed by atoms with van der Waals surface area (Å²) in [5, 5.41) is 11.5. The number of nitrogens with one attached hydrogen (secondary N) is 2. The van der Waals surface area contributed by atoms with Crippen molar-refractivity contribution in [1.29, 1.82) is 0 Å². The molecule has 3 aromatic rings. The van der Waals surface area contributed by atoms with Crippen molar-refractivity contribution in [2.75, 3.05) is 0 Å². The van der Waals surface area contributed by atoms with E-state index in [1.54, 1.807) is 17.2 Å². The molecule has 0 saturated heterocycles. The molecule has 0 radical (unpaired) electrons. The van der Waals surface area contributed by atoms with Gasteiger partial charge in [0.25, 0.3) is 0 Å². The molecule has 2 N–H and O–H groups in total. The van der Waals surface area contributed by atoms with Crippen molar-refractivity contribution in [3.63, 3.8) is 0 Å². The van der Waals surface area contributed by atoms with Crippen molar-refractivity contribution in [3.05, 3.63) is 36.0 Å². The molecule has 0 fully saturated rings. The third-order valence-electron chi connectivity index (χ3n) is 3.43. The smallest absolute Gasteiger partial charge is 0.244 e. The quantitative estimate of drug-likeness (QED) is 0.707. The van der Waals surface area contributed by atoms with Crippen LogP contribution >= 0.6 is 0 Å². The minimum absolute atomic E-state index is 0.00345. The Morgan fingerprint density at radius 1 is 1.45 bits per heavy atom. The van der Waals surface area contributed by atoms with Gasteiger partial charge in [-0.25, -0.2) is 4.98 Å². The summed E-state index contributed by atoms with van der Waals surface area (Å²) < 4.78 is 7.07. The zero-order chi connectivity index (χ0) is 13.5. The summed E-state index contributed by atoms with van der Waals surface area (Å²) in [5.74, 6) is 1.14. The Hall–Kier alpha value is -2.48. The van der Waals surface area contributed by atoms with Gasteiger partial charge in [-0.2, -0.15) is 10.1 Å². The van der Waals surface area contributed by atoms with E-state index in [9.17, 15) is 0 Å². The maximum atomic E-state index is 5.36. The van der Waals surface area contributed by atoms with E-state index in [1.807, 2.05) is 13.2 Å². The molecule has 4 heterocycles. The van der Waals surface area contributed by atoms with E-state index in [4.69, 9.17) is 4.52 Å². The highest BCUT2D eigenvalue weighted by atomic mass is 16.5. The Kier molecular flexibility index (Phi) is 2.43. The second-order valence-electron chi connectivity index (χ2n) is 4.82. The van der Waals surface area contributed by atoms with Crippen LogP contribution in [0.4, 0.5) is 0 Å². The highest BCUT2D eigenvalue weighted by Crippen LogP contribution is 2.24. The molecule has 4 rings (SSSR count). The molecule has 3 aromatic heterocycles. The number of fused-ring (bicyclic) bond motifs is 1. The van der Waals surface area contributed by atoms with Gasteiger partial charge in [-0.1, -0.05) is 5.16 Å². The lowest BCUT2D eigenvalue weighted by Gasteiger charge is -2.19. The Morgan fingerprint density at radius 3 is 3.25 bits per heavy atom. The standard InChI is InChI=1S/C12H13N7O/c1-19-5-7(3-16-19)11-17-12(20-18-11)9-2-8-10(4-13-9)15-6-14-8/h3,5-6,9,13H,2,4H2,1H3,(H,14,15). The first kappa shape index (κ1) is 11.4. The first-order chi connectivity index (χ1) is 9.79. The molecule has 8 heteroatoms. The fourth-order valence-corrected chi connectivity index (χ4v) is 2.37. The van der Waals surface area contributed by atoms with Gasteiger partial charge >= 0.3 is 0 Å². The number of imidazole rings is 1. The Balaban J connectivity index is 1.60. The summed E-state index contributed by atoms with van der Waals surface area (Å²) in [6.45, 7) is 0.727. The zero-order valence-corrected chi connectivity index (χ0v) is 10.9. The van der Waals surface area contributed by atoms with Crippen molar-refractivity contribution in [2.45, 2.75) is 19.0 Å². The molecule has 0 bridgehead atoms. The molecule has 0 aliphatic carbocycles. The van der Waals surface area contributed by atoms with Crippen LogP contribution in [-0.4, -0.2) is 29.9 Å². The molecular weight excluding hydrogens is 258 g/mol. The van der Waals surface area contributed by atoms with Crippen molar-refractivity contribution >= 4 is 0 Å². The topological polar surface area (TPSA) is 97.5 Å². The summed E-state index contributed by atoms with van der Waals surface area (Å²) in [6.07, 6.45) is 6.03. The molecule has 1 unspecified atom stereocenters. The number of rotatable bonds is 2. The highest BCUT2D eigenvalue weighted by molar-refractivity contribution is 5.51. The average Bonchev–Trinajstić information content (AvgIpc) is 3.17. The maximum absolute atomic E-state index is 5.36. The van der Waals surface area contributed by atoms with Crippen LogP contribution in [0.15, 0.2) is 23.2 Å². The largest absolute Gasteiger partial charge is 0.347 e. The van der Waals surface area contributed by atoms with Gasteiger partial charge in [0.05, 0.1) is 35.5 Å². The Labute approximate surface area is 114 Å². The number of hydrogen-bond donors (Lipinski definition) is 2. The van der Waals surface area contributed by atoms with Crippen molar-refractivity contribution < 1.29 is 4.52 Å². The molecule has 0 spiro atoms. The van der Waals surface area contributed by atoms with Crippen LogP contribution in [0.25, 0.3) is 11.4 Å². The molecule has 102 valence electrons. The zero-order valence-electron chi connectivity index (χ0n) is 10.9. The van der Waals surface area contributed by atoms with Gasteiger partial charge in [0.2, 0.25) is 11.7 Å². The lowest BCUT2D eigenvalue weighted by Crippen LogP contribution is -2.28. The number of aromatic amines is 1. The van der Waals surface area contributed by atoms with Gasteiger partial charge in [0.15, 0.2) is 0 Å². The molecule has 1 aliphatic rings. The maximum Gasteiger partial charge on any atom is 0.244 e. The Bertz CT molecular complexity index is 740. The van der Waals surface area contributed by atoms with Crippen LogP contribution in [0.5, 0.6) is 0 Å². The molecule has 8 nitrogen and oxygen atoms in total. The van der Waals surface area contributed by atoms with E-state index in [2.05, 4.69) is 30.5 Å². The summed E-state index contributed by atoms with van der Waals surface area (Å²) in [7, 11) is 1.85. The predicted molar refractivity (Wildman–Crippen MR) is 68.4 cm³/mol. The van der Waals surface area contributed by atoms with Gasteiger partial charge in [-0.15, -0.1) is 0 Å². The second-order valence-corrected chi connectivity index (χ2v) is 4.82. The second kappa shape index (κ2) is 4.27. The molecule has 0 amide bonds. The fourth-order valence-electron chi connectivity index (χ4n) is 2.37. The van der Waals surface area contributed by atoms with Crippen LogP contribution in [0, 0.1) is 0 Å². The average molecular weight is 271 g/mol. The summed E-state index contributed by atoms with van der Waals surface area (Å²) in [6, 6.07) is 0.00345. The lowest BCUT2D eigenvalue weighted by molar-refractivity contribution is 0.319. The monoisotopic (exact) mass is 271 g/mol. The molecule has 20 heavy (non-hydrogen) atoms. The third-order valence-corrected chi connectivity index (χ3v) is 3.43. The van der Waals surface area contributed by atoms with Crippen molar-refractivity contribution in [1.82, 2.24) is 35.2 Å². The van der Waals surface area contributed by atoms with Gasteiger partial charge in [-0.3, -0.25) is 10.00 Å². The van der Waals surface area contributed by atoms with E-state index >= 15 is 0 Å². The molecular formula is C12H13N7O. The van der Waals surface area contributed by atoms with Gasteiger partial charge < -0.3 is 9.51 Å². The van der Waals surface area contributed by atoms with E-state index < -0.39 is 0 Å². The molecule has 0 saturated carbocycles. The minimum atomic E-state index is 0.00345. The highest BCUT2D eigenvalue weighted by Gasteiger charge is 2.26. The van der Waals surface area contributed by atoms with E-state index in [0.29, 0.717) is 11.7 Å². The Morgan fingerprint density at radius 2 is 2.40 bits per heavy atom. The summed E-state index contributed by atoms with van der Waals surface area (Å²) in [4.78, 5) is 11.9. The van der Waals surface area contributed by atoms with E-state index in [0.717, 1.165) is 29.9 Å². The predicted octanol–water partition coefficient (Wildman–Crippen LogP) is 0.580. The van der Waals surface area contributed by atoms with Gasteiger partial charge in [0, 0.05) is 26.2 Å². The van der Waals surface area contributed by atoms with Crippen LogP contribution < -0.4 is 5.32 Å². The van der Waals surface area contributed by atoms with Crippen LogP contribution in [0.2, 0.25) is 0 Å². The van der Waals surface area contributed by atoms with Crippen molar-refractivity contribution in [2.24, 2.45) is 7.05 Å². The third kappa shape index (κ3) is 1.81. The number of aromatic nitrogens is 6. The first-order valence-corrected chi connectivity index (χ1v) is 6.37. The van der Waals surface area contributed by atoms with Crippen LogP contribution in [0.1, 0.15) is 23.3 Å². The van der Waals surface area contributed by atoms with Gasteiger partial charge in [0.1, 0.15) is 0 Å². The number of hydrogen-bond acceptors (Lipinski definition) is 6. The number of H-pyrrole nitrogens is 1. The van der Waals surface area contributed by atoms with Crippen molar-refractivity contribution in [3.8, 4) is 11.4 Å². The SMILES string of the molecule is Cn1cc(-c2noc(C3Cc4nc[nH]c4CN3)n2)cn1. The number of aryl methyl sites for hydroxylation is 1. The molecule has 0 aromatic carbocycles. The molecule has 1 atom stereocenters. The first-order valence-electron chi connectivity index (χ1n) is 6.37. The van der Waals surface area contributed by atoms with Crippen LogP contribution in [-0.2, 0) is 20.0 Å². The van der Waals surface area contributed by atoms with Gasteiger partial charge in [-0.05, 0) is 0 Å². The van der Waals surface area contributed by atoms with Crippen LogP contribution in [0.3, 0.4) is 0 Å².